The highest BCUT2D eigenvalue weighted by Crippen LogP contribution is 2.10. The topological polar surface area (TPSA) is 37.8 Å². The molecule has 0 aliphatic carbocycles. The highest BCUT2D eigenvalue weighted by molar-refractivity contribution is 9.10. The Morgan fingerprint density at radius 3 is 2.54 bits per heavy atom. The number of hydrogen-bond acceptors (Lipinski definition) is 3. The first-order valence-electron chi connectivity index (χ1n) is 3.62. The molecule has 0 bridgehead atoms. The first kappa shape index (κ1) is 10.3. The summed E-state index contributed by atoms with van der Waals surface area (Å²) in [5.74, 6) is 0.344. The molecule has 0 aliphatic rings. The summed E-state index contributed by atoms with van der Waals surface area (Å²) in [5.41, 5.74) is 0. The van der Waals surface area contributed by atoms with E-state index in [0.717, 1.165) is 0 Å². The minimum Gasteiger partial charge on any atom is -0.361 e. The Morgan fingerprint density at radius 1 is 1.38 bits per heavy atom. The molecule has 1 rings (SSSR count). The lowest BCUT2D eigenvalue weighted by atomic mass is 10.3. The van der Waals surface area contributed by atoms with Crippen molar-refractivity contribution in [3.05, 3.63) is 17.0 Å². The maximum atomic E-state index is 12.1. The van der Waals surface area contributed by atoms with E-state index in [4.69, 9.17) is 0 Å². The van der Waals surface area contributed by atoms with Crippen molar-refractivity contribution in [2.45, 2.75) is 19.4 Å². The molecule has 0 saturated carbocycles. The quantitative estimate of drug-likeness (QED) is 0.896. The third-order valence-electron chi connectivity index (χ3n) is 1.37. The van der Waals surface area contributed by atoms with Gasteiger partial charge in [-0.15, -0.1) is 0 Å². The van der Waals surface area contributed by atoms with Crippen molar-refractivity contribution in [2.24, 2.45) is 0 Å². The number of aromatic nitrogens is 2. The van der Waals surface area contributed by atoms with E-state index in [0.29, 0.717) is 10.4 Å². The zero-order valence-corrected chi connectivity index (χ0v) is 8.42. The molecule has 1 N–H and O–H groups in total. The van der Waals surface area contributed by atoms with Gasteiger partial charge in [0.15, 0.2) is 0 Å². The second kappa shape index (κ2) is 4.45. The largest absolute Gasteiger partial charge is 0.361 e. The molecule has 1 heterocycles. The second-order valence-electron chi connectivity index (χ2n) is 2.49. The average molecular weight is 252 g/mol. The Labute approximate surface area is 82.7 Å². The summed E-state index contributed by atoms with van der Waals surface area (Å²) >= 11 is 3.09. The third-order valence-corrected chi connectivity index (χ3v) is 1.78. The first-order valence-corrected chi connectivity index (χ1v) is 4.41. The molecule has 1 aromatic heterocycles. The predicted octanol–water partition coefficient (Wildman–Crippen LogP) is 2.30. The maximum absolute atomic E-state index is 12.1. The van der Waals surface area contributed by atoms with Gasteiger partial charge in [-0.3, -0.25) is 0 Å². The predicted molar refractivity (Wildman–Crippen MR) is 48.8 cm³/mol. The molecule has 6 heteroatoms. The number of halogens is 3. The molecule has 1 atom stereocenters. The van der Waals surface area contributed by atoms with Gasteiger partial charge in [0.05, 0.1) is 18.4 Å². The molecule has 72 valence electrons. The molecule has 0 amide bonds. The van der Waals surface area contributed by atoms with Gasteiger partial charge < -0.3 is 5.32 Å². The van der Waals surface area contributed by atoms with Crippen molar-refractivity contribution in [1.29, 1.82) is 0 Å². The molecule has 0 spiro atoms. The monoisotopic (exact) mass is 251 g/mol. The smallest absolute Gasteiger partial charge is 0.258 e. The number of rotatable bonds is 3. The van der Waals surface area contributed by atoms with Crippen molar-refractivity contribution in [1.82, 2.24) is 9.97 Å². The van der Waals surface area contributed by atoms with Crippen LogP contribution >= 0.6 is 15.9 Å². The molecule has 0 fully saturated rings. The van der Waals surface area contributed by atoms with Gasteiger partial charge in [0, 0.05) is 0 Å². The number of nitrogens with zero attached hydrogens (tertiary/aromatic N) is 2. The van der Waals surface area contributed by atoms with Crippen molar-refractivity contribution in [3.63, 3.8) is 0 Å². The Morgan fingerprint density at radius 2 is 2.08 bits per heavy atom. The summed E-state index contributed by atoms with van der Waals surface area (Å²) in [4.78, 5) is 7.69. The van der Waals surface area contributed by atoms with Gasteiger partial charge in [-0.05, 0) is 22.9 Å². The fourth-order valence-corrected chi connectivity index (χ4v) is 0.888. The molecular weight excluding hydrogens is 244 g/mol. The van der Waals surface area contributed by atoms with Gasteiger partial charge in [-0.25, -0.2) is 18.7 Å². The minimum absolute atomic E-state index is 0.344. The second-order valence-corrected chi connectivity index (χ2v) is 3.30. The number of anilines is 1. The zero-order chi connectivity index (χ0) is 9.84. The summed E-state index contributed by atoms with van der Waals surface area (Å²) in [6.07, 6.45) is 0.425. The van der Waals surface area contributed by atoms with Crippen LogP contribution in [0.25, 0.3) is 0 Å². The van der Waals surface area contributed by atoms with Crippen LogP contribution in [-0.2, 0) is 0 Å². The molecule has 0 radical (unpaired) electrons. The molecule has 0 aromatic carbocycles. The van der Waals surface area contributed by atoms with Crippen LogP contribution in [-0.4, -0.2) is 22.4 Å². The van der Waals surface area contributed by atoms with E-state index in [2.05, 4.69) is 31.2 Å². The van der Waals surface area contributed by atoms with E-state index < -0.39 is 12.5 Å². The lowest BCUT2D eigenvalue weighted by Gasteiger charge is -2.12. The minimum atomic E-state index is -2.41. The summed E-state index contributed by atoms with van der Waals surface area (Å²) in [6, 6.07) is -0.921. The van der Waals surface area contributed by atoms with Crippen LogP contribution in [0.15, 0.2) is 17.0 Å². The Balaban J connectivity index is 2.59. The Kier molecular flexibility index (Phi) is 3.53. The summed E-state index contributed by atoms with van der Waals surface area (Å²) in [6.45, 7) is 1.38. The van der Waals surface area contributed by atoms with E-state index in [1.807, 2.05) is 0 Å². The Bertz CT molecular complexity index is 265. The van der Waals surface area contributed by atoms with Gasteiger partial charge in [0.25, 0.3) is 6.43 Å². The van der Waals surface area contributed by atoms with Crippen molar-refractivity contribution >= 4 is 21.7 Å². The van der Waals surface area contributed by atoms with Crippen molar-refractivity contribution < 1.29 is 8.78 Å². The van der Waals surface area contributed by atoms with Crippen LogP contribution < -0.4 is 5.32 Å². The summed E-state index contributed by atoms with van der Waals surface area (Å²) < 4.78 is 24.7. The van der Waals surface area contributed by atoms with Crippen molar-refractivity contribution in [2.75, 3.05) is 5.32 Å². The van der Waals surface area contributed by atoms with Crippen LogP contribution in [0, 0.1) is 0 Å². The van der Waals surface area contributed by atoms with Crippen LogP contribution in [0.2, 0.25) is 0 Å². The van der Waals surface area contributed by atoms with Crippen LogP contribution in [0.4, 0.5) is 14.6 Å². The van der Waals surface area contributed by atoms with Gasteiger partial charge in [0.1, 0.15) is 10.4 Å². The van der Waals surface area contributed by atoms with E-state index >= 15 is 0 Å². The van der Waals surface area contributed by atoms with Crippen LogP contribution in [0.3, 0.4) is 0 Å². The Hall–Kier alpha value is -0.780. The van der Waals surface area contributed by atoms with Gasteiger partial charge >= 0.3 is 0 Å². The fraction of sp³-hybridized carbons (Fsp3) is 0.429. The molecule has 3 nitrogen and oxygen atoms in total. The molecule has 1 unspecified atom stereocenters. The standard InChI is InChI=1S/C7H8BrF2N3/c1-4(7(9)10)13-6-3-11-5(8)2-12-6/h2-4,7H,1H3,(H,12,13). The highest BCUT2D eigenvalue weighted by atomic mass is 79.9. The van der Waals surface area contributed by atoms with E-state index in [1.165, 1.54) is 19.3 Å². The summed E-state index contributed by atoms with van der Waals surface area (Å²) in [7, 11) is 0. The van der Waals surface area contributed by atoms with Crippen molar-refractivity contribution in [3.8, 4) is 0 Å². The van der Waals surface area contributed by atoms with Crippen LogP contribution in [0.1, 0.15) is 6.92 Å². The molecule has 13 heavy (non-hydrogen) atoms. The van der Waals surface area contributed by atoms with E-state index in [-0.39, 0.29) is 0 Å². The molecule has 0 aliphatic heterocycles. The lowest BCUT2D eigenvalue weighted by molar-refractivity contribution is 0.130. The SMILES string of the molecule is CC(Nc1cnc(Br)cn1)C(F)F. The van der Waals surface area contributed by atoms with E-state index in [9.17, 15) is 8.78 Å². The van der Waals surface area contributed by atoms with Gasteiger partial charge in [-0.1, -0.05) is 0 Å². The zero-order valence-electron chi connectivity index (χ0n) is 6.84. The van der Waals surface area contributed by atoms with Gasteiger partial charge in [-0.2, -0.15) is 0 Å². The average Bonchev–Trinajstić information content (AvgIpc) is 2.08. The highest BCUT2D eigenvalue weighted by Gasteiger charge is 2.14. The molecular formula is C7H8BrF2N3. The molecule has 0 saturated heterocycles. The number of hydrogen-bond donors (Lipinski definition) is 1. The van der Waals surface area contributed by atoms with Crippen LogP contribution in [0.5, 0.6) is 0 Å². The lowest BCUT2D eigenvalue weighted by Crippen LogP contribution is -2.24. The molecule has 1 aromatic rings. The maximum Gasteiger partial charge on any atom is 0.258 e. The van der Waals surface area contributed by atoms with E-state index in [1.54, 1.807) is 0 Å². The normalized spacial score (nSPS) is 13.0. The third kappa shape index (κ3) is 3.22. The fourth-order valence-electron chi connectivity index (χ4n) is 0.683. The number of alkyl halides is 2. The number of nitrogens with one attached hydrogen (secondary N) is 1. The summed E-state index contributed by atoms with van der Waals surface area (Å²) in [5, 5.41) is 2.52. The van der Waals surface area contributed by atoms with Gasteiger partial charge in [0.2, 0.25) is 0 Å². The first-order chi connectivity index (χ1) is 6.09.